The van der Waals surface area contributed by atoms with Gasteiger partial charge in [0.1, 0.15) is 6.10 Å². The van der Waals surface area contributed by atoms with Crippen LogP contribution in [0, 0.1) is 18.6 Å². The van der Waals surface area contributed by atoms with Crippen LogP contribution in [-0.4, -0.2) is 17.2 Å². The van der Waals surface area contributed by atoms with Crippen LogP contribution in [0.1, 0.15) is 12.5 Å². The number of hydrogen-bond acceptors (Lipinski definition) is 3. The highest BCUT2D eigenvalue weighted by Gasteiger charge is 2.17. The van der Waals surface area contributed by atoms with Crippen molar-refractivity contribution in [1.29, 1.82) is 0 Å². The van der Waals surface area contributed by atoms with Crippen LogP contribution in [0.5, 0.6) is 5.75 Å². The molecule has 0 radical (unpaired) electrons. The maximum absolute atomic E-state index is 13.2. The van der Waals surface area contributed by atoms with Crippen LogP contribution in [-0.2, 0) is 4.79 Å². The lowest BCUT2D eigenvalue weighted by Gasteiger charge is -2.08. The molecule has 0 saturated carbocycles. The SMILES string of the molecule is Cc1ccc(OC(=O)C(C)O)c(F)c1F. The number of benzene rings is 1. The van der Waals surface area contributed by atoms with E-state index in [1.165, 1.54) is 19.9 Å². The molecule has 0 aliphatic carbocycles. The number of carbonyl (C=O) groups excluding carboxylic acids is 1. The molecule has 1 atom stereocenters. The number of aliphatic hydroxyl groups is 1. The molecular formula is C10H10F2O3. The van der Waals surface area contributed by atoms with Crippen molar-refractivity contribution < 1.29 is 23.4 Å². The molecule has 0 bridgehead atoms. The molecule has 1 aromatic rings. The number of aliphatic hydroxyl groups excluding tert-OH is 1. The van der Waals surface area contributed by atoms with E-state index in [1.54, 1.807) is 0 Å². The predicted molar refractivity (Wildman–Crippen MR) is 48.4 cm³/mol. The van der Waals surface area contributed by atoms with Crippen LogP contribution < -0.4 is 4.74 Å². The molecular weight excluding hydrogens is 206 g/mol. The van der Waals surface area contributed by atoms with Gasteiger partial charge in [0.15, 0.2) is 11.6 Å². The summed E-state index contributed by atoms with van der Waals surface area (Å²) in [7, 11) is 0. The van der Waals surface area contributed by atoms with Crippen molar-refractivity contribution in [2.45, 2.75) is 20.0 Å². The van der Waals surface area contributed by atoms with E-state index in [0.29, 0.717) is 0 Å². The first-order valence-corrected chi connectivity index (χ1v) is 4.28. The highest BCUT2D eigenvalue weighted by atomic mass is 19.2. The Kier molecular flexibility index (Phi) is 3.36. The first-order valence-electron chi connectivity index (χ1n) is 4.28. The Morgan fingerprint density at radius 3 is 2.53 bits per heavy atom. The fraction of sp³-hybridized carbons (Fsp3) is 0.300. The van der Waals surface area contributed by atoms with Crippen molar-refractivity contribution in [3.8, 4) is 5.75 Å². The van der Waals surface area contributed by atoms with Crippen molar-refractivity contribution >= 4 is 5.97 Å². The molecule has 1 N–H and O–H groups in total. The largest absolute Gasteiger partial charge is 0.421 e. The van der Waals surface area contributed by atoms with Gasteiger partial charge in [0.05, 0.1) is 0 Å². The molecule has 0 aromatic heterocycles. The van der Waals surface area contributed by atoms with Crippen LogP contribution in [0.25, 0.3) is 0 Å². The summed E-state index contributed by atoms with van der Waals surface area (Å²) in [6.07, 6.45) is -1.38. The Labute approximate surface area is 85.3 Å². The number of halogens is 2. The second-order valence-electron chi connectivity index (χ2n) is 3.11. The molecule has 15 heavy (non-hydrogen) atoms. The molecule has 82 valence electrons. The minimum Gasteiger partial charge on any atom is -0.421 e. The highest BCUT2D eigenvalue weighted by molar-refractivity contribution is 5.76. The quantitative estimate of drug-likeness (QED) is 0.602. The summed E-state index contributed by atoms with van der Waals surface area (Å²) in [5, 5.41) is 8.81. The number of esters is 1. The van der Waals surface area contributed by atoms with Crippen LogP contribution in [0.4, 0.5) is 8.78 Å². The van der Waals surface area contributed by atoms with Crippen molar-refractivity contribution in [1.82, 2.24) is 0 Å². The van der Waals surface area contributed by atoms with Gasteiger partial charge < -0.3 is 9.84 Å². The number of rotatable bonds is 2. The summed E-state index contributed by atoms with van der Waals surface area (Å²) < 4.78 is 30.6. The molecule has 1 rings (SSSR count). The van der Waals surface area contributed by atoms with E-state index >= 15 is 0 Å². The zero-order chi connectivity index (χ0) is 11.6. The van der Waals surface area contributed by atoms with E-state index in [1.807, 2.05) is 0 Å². The summed E-state index contributed by atoms with van der Waals surface area (Å²) in [4.78, 5) is 10.9. The van der Waals surface area contributed by atoms with E-state index < -0.39 is 29.5 Å². The van der Waals surface area contributed by atoms with E-state index in [9.17, 15) is 13.6 Å². The number of ether oxygens (including phenoxy) is 1. The summed E-state index contributed by atoms with van der Waals surface area (Å²) in [6, 6.07) is 2.41. The van der Waals surface area contributed by atoms with Crippen LogP contribution in [0.2, 0.25) is 0 Å². The summed E-state index contributed by atoms with van der Waals surface area (Å²) in [5.74, 6) is -3.85. The minimum atomic E-state index is -1.38. The molecule has 5 heteroatoms. The smallest absolute Gasteiger partial charge is 0.340 e. The zero-order valence-corrected chi connectivity index (χ0v) is 8.25. The van der Waals surface area contributed by atoms with E-state index in [2.05, 4.69) is 4.74 Å². The molecule has 1 unspecified atom stereocenters. The third-order valence-electron chi connectivity index (χ3n) is 1.79. The molecule has 0 heterocycles. The van der Waals surface area contributed by atoms with Crippen LogP contribution >= 0.6 is 0 Å². The lowest BCUT2D eigenvalue weighted by Crippen LogP contribution is -2.22. The van der Waals surface area contributed by atoms with Gasteiger partial charge >= 0.3 is 5.97 Å². The Morgan fingerprint density at radius 2 is 2.00 bits per heavy atom. The Hall–Kier alpha value is -1.49. The summed E-state index contributed by atoms with van der Waals surface area (Å²) in [6.45, 7) is 2.56. The third kappa shape index (κ3) is 2.50. The topological polar surface area (TPSA) is 46.5 Å². The Balaban J connectivity index is 2.97. The number of hydrogen-bond donors (Lipinski definition) is 1. The molecule has 0 saturated heterocycles. The fourth-order valence-corrected chi connectivity index (χ4v) is 0.901. The van der Waals surface area contributed by atoms with Gasteiger partial charge in [0.25, 0.3) is 0 Å². The molecule has 0 aliphatic heterocycles. The second-order valence-corrected chi connectivity index (χ2v) is 3.11. The predicted octanol–water partition coefficient (Wildman–Crippen LogP) is 1.56. The van der Waals surface area contributed by atoms with Crippen molar-refractivity contribution in [3.05, 3.63) is 29.3 Å². The zero-order valence-electron chi connectivity index (χ0n) is 8.25. The van der Waals surface area contributed by atoms with Gasteiger partial charge in [-0.15, -0.1) is 0 Å². The fourth-order valence-electron chi connectivity index (χ4n) is 0.901. The maximum atomic E-state index is 13.2. The molecule has 0 spiro atoms. The second kappa shape index (κ2) is 4.35. The first kappa shape index (κ1) is 11.6. The Morgan fingerprint density at radius 1 is 1.40 bits per heavy atom. The van der Waals surface area contributed by atoms with E-state index in [0.717, 1.165) is 6.07 Å². The first-order chi connectivity index (χ1) is 6.93. The highest BCUT2D eigenvalue weighted by Crippen LogP contribution is 2.22. The molecule has 0 aliphatic rings. The number of aryl methyl sites for hydroxylation is 1. The van der Waals surface area contributed by atoms with Gasteiger partial charge in [-0.1, -0.05) is 6.07 Å². The van der Waals surface area contributed by atoms with E-state index in [4.69, 9.17) is 5.11 Å². The van der Waals surface area contributed by atoms with Crippen molar-refractivity contribution in [2.75, 3.05) is 0 Å². The average molecular weight is 216 g/mol. The average Bonchev–Trinajstić information content (AvgIpc) is 2.18. The third-order valence-corrected chi connectivity index (χ3v) is 1.79. The van der Waals surface area contributed by atoms with Crippen molar-refractivity contribution in [2.24, 2.45) is 0 Å². The monoisotopic (exact) mass is 216 g/mol. The minimum absolute atomic E-state index is 0.115. The van der Waals surface area contributed by atoms with Crippen molar-refractivity contribution in [3.63, 3.8) is 0 Å². The molecule has 0 fully saturated rings. The Bertz CT molecular complexity index is 388. The van der Waals surface area contributed by atoms with Gasteiger partial charge in [0.2, 0.25) is 5.82 Å². The lowest BCUT2D eigenvalue weighted by atomic mass is 10.2. The molecule has 1 aromatic carbocycles. The number of carbonyl (C=O) groups is 1. The van der Waals surface area contributed by atoms with E-state index in [-0.39, 0.29) is 5.56 Å². The van der Waals surface area contributed by atoms with Gasteiger partial charge in [-0.25, -0.2) is 9.18 Å². The molecule has 0 amide bonds. The van der Waals surface area contributed by atoms with Gasteiger partial charge in [0, 0.05) is 0 Å². The standard InChI is InChI=1S/C10H10F2O3/c1-5-3-4-7(9(12)8(5)11)15-10(14)6(2)13/h3-4,6,13H,1-2H3. The van der Waals surface area contributed by atoms with Gasteiger partial charge in [-0.05, 0) is 25.5 Å². The normalized spacial score (nSPS) is 12.3. The maximum Gasteiger partial charge on any atom is 0.340 e. The molecule has 3 nitrogen and oxygen atoms in total. The van der Waals surface area contributed by atoms with Gasteiger partial charge in [-0.2, -0.15) is 4.39 Å². The van der Waals surface area contributed by atoms with Crippen LogP contribution in [0.15, 0.2) is 12.1 Å². The lowest BCUT2D eigenvalue weighted by molar-refractivity contribution is -0.142. The van der Waals surface area contributed by atoms with Crippen LogP contribution in [0.3, 0.4) is 0 Å². The summed E-state index contributed by atoms with van der Waals surface area (Å²) in [5.41, 5.74) is 0.115. The van der Waals surface area contributed by atoms with Gasteiger partial charge in [-0.3, -0.25) is 0 Å². The summed E-state index contributed by atoms with van der Waals surface area (Å²) >= 11 is 0.